The minimum absolute atomic E-state index is 0.0641. The summed E-state index contributed by atoms with van der Waals surface area (Å²) < 4.78 is 5.66. The maximum absolute atomic E-state index is 11.4. The van der Waals surface area contributed by atoms with E-state index in [4.69, 9.17) is 16.0 Å². The van der Waals surface area contributed by atoms with Crippen LogP contribution in [0.15, 0.2) is 34.7 Å². The van der Waals surface area contributed by atoms with Gasteiger partial charge in [-0.3, -0.25) is 4.79 Å². The largest absolute Gasteiger partial charge is 0.464 e. The van der Waals surface area contributed by atoms with Crippen molar-refractivity contribution < 1.29 is 9.21 Å². The normalized spacial score (nSPS) is 10.4. The lowest BCUT2D eigenvalue weighted by atomic mass is 10.2. The number of rotatable bonds is 6. The lowest BCUT2D eigenvalue weighted by Crippen LogP contribution is -2.14. The maximum Gasteiger partial charge on any atom is 0.239 e. The van der Waals surface area contributed by atoms with Crippen LogP contribution in [0.4, 0.5) is 11.4 Å². The molecular formula is C16H19ClN2O2. The molecule has 0 aliphatic heterocycles. The maximum atomic E-state index is 11.4. The summed E-state index contributed by atoms with van der Waals surface area (Å²) in [5.41, 5.74) is 2.67. The molecule has 0 aliphatic carbocycles. The topological polar surface area (TPSA) is 54.3 Å². The third-order valence-electron chi connectivity index (χ3n) is 3.09. The van der Waals surface area contributed by atoms with Gasteiger partial charge in [0.15, 0.2) is 0 Å². The predicted molar refractivity (Wildman–Crippen MR) is 85.9 cm³/mol. The molecule has 4 nitrogen and oxygen atoms in total. The molecule has 0 radical (unpaired) electrons. The Morgan fingerprint density at radius 3 is 2.62 bits per heavy atom. The number of carbonyl (C=O) groups excluding carboxylic acids is 1. The number of aryl methyl sites for hydroxylation is 2. The first kappa shape index (κ1) is 15.4. The number of furan rings is 1. The molecule has 21 heavy (non-hydrogen) atoms. The number of alkyl halides is 1. The fourth-order valence-corrected chi connectivity index (χ4v) is 2.05. The average molecular weight is 307 g/mol. The van der Waals surface area contributed by atoms with Crippen molar-refractivity contribution >= 4 is 28.9 Å². The zero-order valence-corrected chi connectivity index (χ0v) is 13.0. The second-order valence-corrected chi connectivity index (χ2v) is 5.07. The number of amides is 1. The highest BCUT2D eigenvalue weighted by molar-refractivity contribution is 6.29. The van der Waals surface area contributed by atoms with E-state index in [1.165, 1.54) is 0 Å². The van der Waals surface area contributed by atoms with Crippen LogP contribution in [-0.2, 0) is 17.8 Å². The molecule has 1 amide bonds. The summed E-state index contributed by atoms with van der Waals surface area (Å²) in [6.45, 7) is 4.62. The van der Waals surface area contributed by atoms with Gasteiger partial charge in [-0.25, -0.2) is 0 Å². The van der Waals surface area contributed by atoms with Crippen LogP contribution in [0.2, 0.25) is 0 Å². The molecular weight excluding hydrogens is 288 g/mol. The lowest BCUT2D eigenvalue weighted by molar-refractivity contribution is -0.113. The molecule has 2 aromatic rings. The smallest absolute Gasteiger partial charge is 0.239 e. The van der Waals surface area contributed by atoms with E-state index in [9.17, 15) is 4.79 Å². The fourth-order valence-electron chi connectivity index (χ4n) is 1.99. The Bertz CT molecular complexity index is 622. The summed E-state index contributed by atoms with van der Waals surface area (Å²) in [5, 5.41) is 6.06. The SMILES string of the molecule is CCc1ccc(CNc2cc(C)ccc2NC(=O)CCl)o1. The van der Waals surface area contributed by atoms with Gasteiger partial charge in [0.05, 0.1) is 17.9 Å². The number of hydrogen-bond acceptors (Lipinski definition) is 3. The van der Waals surface area contributed by atoms with Crippen LogP contribution in [0.3, 0.4) is 0 Å². The van der Waals surface area contributed by atoms with Crippen LogP contribution in [0.1, 0.15) is 24.0 Å². The molecule has 5 heteroatoms. The standard InChI is InChI=1S/C16H19ClN2O2/c1-3-12-5-6-13(21-12)10-18-15-8-11(2)4-7-14(15)19-16(20)9-17/h4-8,18H,3,9-10H2,1-2H3,(H,19,20). The fraction of sp³-hybridized carbons (Fsp3) is 0.312. The second kappa shape index (κ2) is 7.18. The zero-order valence-electron chi connectivity index (χ0n) is 12.2. The quantitative estimate of drug-likeness (QED) is 0.795. The summed E-state index contributed by atoms with van der Waals surface area (Å²) in [5.74, 6) is 1.54. The van der Waals surface area contributed by atoms with Gasteiger partial charge in [-0.15, -0.1) is 11.6 Å². The Kier molecular flexibility index (Phi) is 5.28. The van der Waals surface area contributed by atoms with E-state index >= 15 is 0 Å². The van der Waals surface area contributed by atoms with Gasteiger partial charge in [-0.2, -0.15) is 0 Å². The van der Waals surface area contributed by atoms with Crippen molar-refractivity contribution in [1.29, 1.82) is 0 Å². The van der Waals surface area contributed by atoms with Gasteiger partial charge >= 0.3 is 0 Å². The lowest BCUT2D eigenvalue weighted by Gasteiger charge is -2.13. The molecule has 0 atom stereocenters. The van der Waals surface area contributed by atoms with E-state index in [-0.39, 0.29) is 11.8 Å². The summed E-state index contributed by atoms with van der Waals surface area (Å²) in [6.07, 6.45) is 0.876. The number of carbonyl (C=O) groups is 1. The van der Waals surface area contributed by atoms with Gasteiger partial charge in [0.2, 0.25) is 5.91 Å². The molecule has 0 bridgehead atoms. The van der Waals surface area contributed by atoms with Crippen molar-refractivity contribution in [3.63, 3.8) is 0 Å². The van der Waals surface area contributed by atoms with E-state index in [1.807, 2.05) is 37.3 Å². The number of benzene rings is 1. The van der Waals surface area contributed by atoms with E-state index in [2.05, 4.69) is 17.6 Å². The number of halogens is 1. The molecule has 2 N–H and O–H groups in total. The molecule has 1 aromatic carbocycles. The van der Waals surface area contributed by atoms with E-state index < -0.39 is 0 Å². The first-order valence-electron chi connectivity index (χ1n) is 6.90. The molecule has 0 unspecified atom stereocenters. The Balaban J connectivity index is 2.10. The third-order valence-corrected chi connectivity index (χ3v) is 3.33. The highest BCUT2D eigenvalue weighted by Gasteiger charge is 2.07. The van der Waals surface area contributed by atoms with Crippen LogP contribution in [0.5, 0.6) is 0 Å². The first-order chi connectivity index (χ1) is 10.1. The summed E-state index contributed by atoms with van der Waals surface area (Å²) in [6, 6.07) is 9.72. The van der Waals surface area contributed by atoms with Crippen LogP contribution in [0, 0.1) is 6.92 Å². The number of nitrogens with one attached hydrogen (secondary N) is 2. The molecule has 0 aliphatic rings. The Morgan fingerprint density at radius 2 is 1.95 bits per heavy atom. The van der Waals surface area contributed by atoms with E-state index in [1.54, 1.807) is 0 Å². The predicted octanol–water partition coefficient (Wildman–Crippen LogP) is 3.94. The van der Waals surface area contributed by atoms with Gasteiger partial charge in [0.25, 0.3) is 0 Å². The molecule has 1 aromatic heterocycles. The first-order valence-corrected chi connectivity index (χ1v) is 7.43. The molecule has 1 heterocycles. The summed E-state index contributed by atoms with van der Waals surface area (Å²) in [7, 11) is 0. The van der Waals surface area contributed by atoms with Gasteiger partial charge in [0, 0.05) is 6.42 Å². The number of hydrogen-bond donors (Lipinski definition) is 2. The van der Waals surface area contributed by atoms with Crippen LogP contribution >= 0.6 is 11.6 Å². The van der Waals surface area contributed by atoms with Crippen molar-refractivity contribution in [1.82, 2.24) is 0 Å². The van der Waals surface area contributed by atoms with Gasteiger partial charge in [-0.1, -0.05) is 13.0 Å². The van der Waals surface area contributed by atoms with Crippen molar-refractivity contribution in [2.24, 2.45) is 0 Å². The van der Waals surface area contributed by atoms with Crippen molar-refractivity contribution in [3.05, 3.63) is 47.4 Å². The highest BCUT2D eigenvalue weighted by atomic mass is 35.5. The minimum atomic E-state index is -0.227. The van der Waals surface area contributed by atoms with E-state index in [0.29, 0.717) is 12.2 Å². The third kappa shape index (κ3) is 4.26. The van der Waals surface area contributed by atoms with Crippen LogP contribution in [-0.4, -0.2) is 11.8 Å². The molecule has 2 rings (SSSR count). The minimum Gasteiger partial charge on any atom is -0.464 e. The van der Waals surface area contributed by atoms with Crippen LogP contribution in [0.25, 0.3) is 0 Å². The Hall–Kier alpha value is -1.94. The number of anilines is 2. The molecule has 0 fully saturated rings. The molecule has 0 saturated carbocycles. The van der Waals surface area contributed by atoms with E-state index in [0.717, 1.165) is 29.2 Å². The molecule has 0 spiro atoms. The van der Waals surface area contributed by atoms with Crippen molar-refractivity contribution in [2.75, 3.05) is 16.5 Å². The summed E-state index contributed by atoms with van der Waals surface area (Å²) >= 11 is 5.53. The summed E-state index contributed by atoms with van der Waals surface area (Å²) in [4.78, 5) is 11.4. The highest BCUT2D eigenvalue weighted by Crippen LogP contribution is 2.24. The van der Waals surface area contributed by atoms with Gasteiger partial charge in [0.1, 0.15) is 17.4 Å². The Morgan fingerprint density at radius 1 is 1.19 bits per heavy atom. The average Bonchev–Trinajstić information content (AvgIpc) is 2.95. The molecule has 112 valence electrons. The van der Waals surface area contributed by atoms with Crippen molar-refractivity contribution in [3.8, 4) is 0 Å². The zero-order chi connectivity index (χ0) is 15.2. The van der Waals surface area contributed by atoms with Gasteiger partial charge in [-0.05, 0) is 36.8 Å². The monoisotopic (exact) mass is 306 g/mol. The Labute approximate surface area is 129 Å². The second-order valence-electron chi connectivity index (χ2n) is 4.81. The molecule has 0 saturated heterocycles. The van der Waals surface area contributed by atoms with Crippen molar-refractivity contribution in [2.45, 2.75) is 26.8 Å². The van der Waals surface area contributed by atoms with Gasteiger partial charge < -0.3 is 15.1 Å². The van der Waals surface area contributed by atoms with Crippen LogP contribution < -0.4 is 10.6 Å².